The molecule has 5 heteroatoms. The summed E-state index contributed by atoms with van der Waals surface area (Å²) in [7, 11) is 0. The maximum atomic E-state index is 11.3. The van der Waals surface area contributed by atoms with Crippen LogP contribution in [0.25, 0.3) is 0 Å². The van der Waals surface area contributed by atoms with Crippen LogP contribution in [0.4, 0.5) is 4.79 Å². The quantitative estimate of drug-likeness (QED) is 0.570. The highest BCUT2D eigenvalue weighted by molar-refractivity contribution is 5.76. The van der Waals surface area contributed by atoms with Gasteiger partial charge in [-0.1, -0.05) is 25.7 Å². The van der Waals surface area contributed by atoms with Gasteiger partial charge in [-0.25, -0.2) is 4.79 Å². The van der Waals surface area contributed by atoms with E-state index in [4.69, 9.17) is 10.5 Å². The summed E-state index contributed by atoms with van der Waals surface area (Å²) in [5.41, 5.74) is 6.23. The number of amides is 2. The molecule has 2 rings (SSSR count). The van der Waals surface area contributed by atoms with Crippen molar-refractivity contribution >= 4 is 6.03 Å². The molecule has 104 valence electrons. The molecule has 1 saturated heterocycles. The maximum Gasteiger partial charge on any atom is 0.317 e. The Hall–Kier alpha value is -0.810. The third kappa shape index (κ3) is 3.85. The Morgan fingerprint density at radius 3 is 2.61 bits per heavy atom. The summed E-state index contributed by atoms with van der Waals surface area (Å²) in [6.45, 7) is 3.42. The molecule has 0 unspecified atom stereocenters. The molecule has 5 nitrogen and oxygen atoms in total. The maximum absolute atomic E-state index is 11.3. The van der Waals surface area contributed by atoms with Gasteiger partial charge in [0.15, 0.2) is 0 Å². The molecule has 0 aromatic heterocycles. The van der Waals surface area contributed by atoms with Crippen LogP contribution in [0, 0.1) is 0 Å². The molecule has 1 aliphatic heterocycles. The lowest BCUT2D eigenvalue weighted by Gasteiger charge is -2.28. The number of hydrogen-bond donors (Lipinski definition) is 2. The number of urea groups is 1. The van der Waals surface area contributed by atoms with Gasteiger partial charge in [-0.2, -0.15) is 0 Å². The minimum Gasteiger partial charge on any atom is -0.378 e. The molecule has 0 bridgehead atoms. The number of carbonyl (C=O) groups is 1. The van der Waals surface area contributed by atoms with Gasteiger partial charge in [-0.05, 0) is 12.8 Å². The monoisotopic (exact) mass is 255 g/mol. The van der Waals surface area contributed by atoms with Crippen molar-refractivity contribution in [3.63, 3.8) is 0 Å². The first-order valence-electron chi connectivity index (χ1n) is 7.09. The Morgan fingerprint density at radius 2 is 2.00 bits per heavy atom. The Balaban J connectivity index is 1.63. The Bertz CT molecular complexity index is 275. The first-order chi connectivity index (χ1) is 8.70. The normalized spacial score (nSPS) is 23.8. The van der Waals surface area contributed by atoms with Gasteiger partial charge in [0, 0.05) is 25.2 Å². The predicted octanol–water partition coefficient (Wildman–Crippen LogP) is 1.08. The second kappa shape index (κ2) is 6.38. The van der Waals surface area contributed by atoms with E-state index in [2.05, 4.69) is 5.32 Å². The summed E-state index contributed by atoms with van der Waals surface area (Å²) >= 11 is 0. The summed E-state index contributed by atoms with van der Waals surface area (Å²) in [6, 6.07) is 0.0236. The van der Waals surface area contributed by atoms with Crippen LogP contribution in [0.3, 0.4) is 0 Å². The third-order valence-corrected chi connectivity index (χ3v) is 3.94. The van der Waals surface area contributed by atoms with Crippen LogP contribution < -0.4 is 11.1 Å². The lowest BCUT2D eigenvalue weighted by molar-refractivity contribution is 0.0685. The molecule has 0 atom stereocenters. The summed E-state index contributed by atoms with van der Waals surface area (Å²) in [5.74, 6) is 0. The molecule has 2 amide bonds. The van der Waals surface area contributed by atoms with Crippen molar-refractivity contribution in [1.82, 2.24) is 10.2 Å². The molecule has 0 aromatic rings. The minimum atomic E-state index is -0.135. The molecule has 0 spiro atoms. The molecular formula is C13H25N3O2. The molecule has 1 aliphatic carbocycles. The van der Waals surface area contributed by atoms with Crippen LogP contribution in [0.15, 0.2) is 0 Å². The predicted molar refractivity (Wildman–Crippen MR) is 70.4 cm³/mol. The van der Waals surface area contributed by atoms with E-state index in [-0.39, 0.29) is 11.6 Å². The Morgan fingerprint density at radius 1 is 1.28 bits per heavy atom. The third-order valence-electron chi connectivity index (χ3n) is 3.94. The highest BCUT2D eigenvalue weighted by Crippen LogP contribution is 2.25. The first kappa shape index (κ1) is 13.6. The number of carbonyl (C=O) groups excluding carboxylic acids is 1. The standard InChI is InChI=1S/C13H25N3O2/c14-13(5-3-1-2-4-6-13)11-18-10-9-16-8-7-15-12(16)17/h1-11,14H2,(H,15,17). The van der Waals surface area contributed by atoms with E-state index < -0.39 is 0 Å². The smallest absolute Gasteiger partial charge is 0.317 e. The van der Waals surface area contributed by atoms with E-state index in [1.165, 1.54) is 25.7 Å². The molecule has 1 saturated carbocycles. The largest absolute Gasteiger partial charge is 0.378 e. The highest BCUT2D eigenvalue weighted by Gasteiger charge is 2.26. The molecule has 2 aliphatic rings. The van der Waals surface area contributed by atoms with Gasteiger partial charge < -0.3 is 20.7 Å². The summed E-state index contributed by atoms with van der Waals surface area (Å²) in [6.07, 6.45) is 7.16. The van der Waals surface area contributed by atoms with Crippen molar-refractivity contribution in [3.8, 4) is 0 Å². The number of nitrogens with two attached hydrogens (primary N) is 1. The van der Waals surface area contributed by atoms with Crippen molar-refractivity contribution < 1.29 is 9.53 Å². The van der Waals surface area contributed by atoms with E-state index in [1.807, 2.05) is 0 Å². The van der Waals surface area contributed by atoms with Crippen molar-refractivity contribution in [3.05, 3.63) is 0 Å². The fraction of sp³-hybridized carbons (Fsp3) is 0.923. The van der Waals surface area contributed by atoms with Gasteiger partial charge >= 0.3 is 6.03 Å². The number of nitrogens with one attached hydrogen (secondary N) is 1. The van der Waals surface area contributed by atoms with Crippen LogP contribution in [0.5, 0.6) is 0 Å². The van der Waals surface area contributed by atoms with Gasteiger partial charge in [-0.15, -0.1) is 0 Å². The Kier molecular flexibility index (Phi) is 4.83. The van der Waals surface area contributed by atoms with E-state index in [0.29, 0.717) is 19.8 Å². The molecule has 0 aromatic carbocycles. The van der Waals surface area contributed by atoms with Crippen molar-refractivity contribution in [2.24, 2.45) is 5.73 Å². The average molecular weight is 255 g/mol. The van der Waals surface area contributed by atoms with Gasteiger partial charge in [0.25, 0.3) is 0 Å². The van der Waals surface area contributed by atoms with Gasteiger partial charge in [0.1, 0.15) is 0 Å². The molecule has 0 radical (unpaired) electrons. The molecular weight excluding hydrogens is 230 g/mol. The summed E-state index contributed by atoms with van der Waals surface area (Å²) < 4.78 is 5.70. The molecule has 2 fully saturated rings. The lowest BCUT2D eigenvalue weighted by Crippen LogP contribution is -2.44. The van der Waals surface area contributed by atoms with E-state index in [0.717, 1.165) is 25.9 Å². The summed E-state index contributed by atoms with van der Waals surface area (Å²) in [4.78, 5) is 13.1. The topological polar surface area (TPSA) is 67.6 Å². The Labute approximate surface area is 109 Å². The van der Waals surface area contributed by atoms with E-state index >= 15 is 0 Å². The fourth-order valence-corrected chi connectivity index (χ4v) is 2.75. The zero-order chi connectivity index (χ0) is 12.8. The second-order valence-corrected chi connectivity index (χ2v) is 5.55. The molecule has 18 heavy (non-hydrogen) atoms. The average Bonchev–Trinajstić information content (AvgIpc) is 2.62. The van der Waals surface area contributed by atoms with Gasteiger partial charge in [0.2, 0.25) is 0 Å². The summed E-state index contributed by atoms with van der Waals surface area (Å²) in [5, 5.41) is 2.78. The van der Waals surface area contributed by atoms with Crippen molar-refractivity contribution in [2.75, 3.05) is 32.8 Å². The second-order valence-electron chi connectivity index (χ2n) is 5.55. The van der Waals surface area contributed by atoms with Gasteiger partial charge in [-0.3, -0.25) is 0 Å². The van der Waals surface area contributed by atoms with Crippen LogP contribution in [0.2, 0.25) is 0 Å². The van der Waals surface area contributed by atoms with Crippen LogP contribution in [-0.2, 0) is 4.74 Å². The number of rotatable bonds is 5. The van der Waals surface area contributed by atoms with Crippen molar-refractivity contribution in [1.29, 1.82) is 0 Å². The number of ether oxygens (including phenoxy) is 1. The zero-order valence-electron chi connectivity index (χ0n) is 11.1. The lowest BCUT2D eigenvalue weighted by atomic mass is 9.93. The number of hydrogen-bond acceptors (Lipinski definition) is 3. The molecule has 1 heterocycles. The van der Waals surface area contributed by atoms with Crippen LogP contribution >= 0.6 is 0 Å². The minimum absolute atomic E-state index is 0.0236. The fourth-order valence-electron chi connectivity index (χ4n) is 2.75. The SMILES string of the molecule is NC1(COCCN2CCNC2=O)CCCCCC1. The zero-order valence-corrected chi connectivity index (χ0v) is 11.1. The highest BCUT2D eigenvalue weighted by atomic mass is 16.5. The van der Waals surface area contributed by atoms with Crippen molar-refractivity contribution in [2.45, 2.75) is 44.1 Å². The number of nitrogens with zero attached hydrogens (tertiary/aromatic N) is 1. The van der Waals surface area contributed by atoms with Gasteiger partial charge in [0.05, 0.1) is 13.2 Å². The van der Waals surface area contributed by atoms with E-state index in [9.17, 15) is 4.79 Å². The first-order valence-corrected chi connectivity index (χ1v) is 7.09. The van der Waals surface area contributed by atoms with Crippen LogP contribution in [0.1, 0.15) is 38.5 Å². The van der Waals surface area contributed by atoms with Crippen LogP contribution in [-0.4, -0.2) is 49.3 Å². The van der Waals surface area contributed by atoms with E-state index in [1.54, 1.807) is 4.90 Å². The molecule has 3 N–H and O–H groups in total.